The van der Waals surface area contributed by atoms with Gasteiger partial charge >= 0.3 is 0 Å². The molecule has 16 heavy (non-hydrogen) atoms. The quantitative estimate of drug-likeness (QED) is 0.815. The van der Waals surface area contributed by atoms with Gasteiger partial charge in [-0.15, -0.1) is 0 Å². The normalized spacial score (nSPS) is 21.6. The third-order valence-corrected chi connectivity index (χ3v) is 3.21. The van der Waals surface area contributed by atoms with Crippen LogP contribution in [0.1, 0.15) is 24.5 Å². The smallest absolute Gasteiger partial charge is 0.105 e. The van der Waals surface area contributed by atoms with Crippen LogP contribution in [0.25, 0.3) is 0 Å². The van der Waals surface area contributed by atoms with E-state index in [2.05, 4.69) is 0 Å². The molecule has 0 radical (unpaired) electrons. The van der Waals surface area contributed by atoms with Crippen molar-refractivity contribution in [1.82, 2.24) is 0 Å². The second-order valence-electron chi connectivity index (χ2n) is 4.30. The lowest BCUT2D eigenvalue weighted by molar-refractivity contribution is -0.0544. The summed E-state index contributed by atoms with van der Waals surface area (Å²) in [6.07, 6.45) is 0.173. The van der Waals surface area contributed by atoms with Gasteiger partial charge in [0, 0.05) is 13.2 Å². The molecule has 2 unspecified atom stereocenters. The van der Waals surface area contributed by atoms with Crippen molar-refractivity contribution in [2.45, 2.75) is 25.0 Å². The largest absolute Gasteiger partial charge is 0.390 e. The Morgan fingerprint density at radius 2 is 1.69 bits per heavy atom. The summed E-state index contributed by atoms with van der Waals surface area (Å²) in [6, 6.07) is 9.32. The van der Waals surface area contributed by atoms with Gasteiger partial charge in [-0.05, 0) is 24.3 Å². The van der Waals surface area contributed by atoms with E-state index >= 15 is 0 Å². The Kier molecular flexibility index (Phi) is 3.93. The third kappa shape index (κ3) is 2.61. The van der Waals surface area contributed by atoms with E-state index < -0.39 is 12.2 Å². The summed E-state index contributed by atoms with van der Waals surface area (Å²) in [5.74, 6) is 0.143. The highest BCUT2D eigenvalue weighted by Crippen LogP contribution is 2.27. The van der Waals surface area contributed by atoms with E-state index in [1.807, 2.05) is 30.3 Å². The monoisotopic (exact) mass is 222 g/mol. The molecule has 3 heteroatoms. The molecule has 1 aromatic rings. The van der Waals surface area contributed by atoms with Gasteiger partial charge in [0.25, 0.3) is 0 Å². The van der Waals surface area contributed by atoms with Gasteiger partial charge in [0.05, 0.1) is 6.10 Å². The Labute approximate surface area is 95.7 Å². The van der Waals surface area contributed by atoms with Crippen LogP contribution in [-0.4, -0.2) is 29.5 Å². The zero-order valence-electron chi connectivity index (χ0n) is 9.25. The summed E-state index contributed by atoms with van der Waals surface area (Å²) in [7, 11) is 0. The predicted molar refractivity (Wildman–Crippen MR) is 61.0 cm³/mol. The Bertz CT molecular complexity index is 306. The van der Waals surface area contributed by atoms with Crippen LogP contribution in [0.5, 0.6) is 0 Å². The highest BCUT2D eigenvalue weighted by molar-refractivity contribution is 5.18. The fourth-order valence-corrected chi connectivity index (χ4v) is 2.16. The summed E-state index contributed by atoms with van der Waals surface area (Å²) in [5.41, 5.74) is 0.779. The van der Waals surface area contributed by atoms with Gasteiger partial charge in [-0.2, -0.15) is 0 Å². The van der Waals surface area contributed by atoms with Gasteiger partial charge in [-0.3, -0.25) is 0 Å². The van der Waals surface area contributed by atoms with Crippen molar-refractivity contribution in [1.29, 1.82) is 0 Å². The van der Waals surface area contributed by atoms with Crippen molar-refractivity contribution in [2.75, 3.05) is 13.2 Å². The molecule has 2 rings (SSSR count). The molecule has 1 heterocycles. The minimum atomic E-state index is -0.788. The van der Waals surface area contributed by atoms with Gasteiger partial charge in [-0.1, -0.05) is 30.3 Å². The summed E-state index contributed by atoms with van der Waals surface area (Å²) in [5, 5.41) is 20.1. The van der Waals surface area contributed by atoms with E-state index in [0.29, 0.717) is 13.2 Å². The molecule has 88 valence electrons. The standard InChI is InChI=1S/C13H18O3/c14-12(10-4-2-1-3-5-10)13(15)11-6-8-16-9-7-11/h1-5,11-15H,6-9H2. The van der Waals surface area contributed by atoms with Crippen molar-refractivity contribution in [3.8, 4) is 0 Å². The van der Waals surface area contributed by atoms with E-state index in [1.165, 1.54) is 0 Å². The molecule has 0 saturated carbocycles. The molecule has 0 amide bonds. The van der Waals surface area contributed by atoms with Crippen molar-refractivity contribution in [3.05, 3.63) is 35.9 Å². The SMILES string of the molecule is OC(c1ccccc1)C(O)C1CCOCC1. The van der Waals surface area contributed by atoms with Crippen LogP contribution in [0, 0.1) is 5.92 Å². The van der Waals surface area contributed by atoms with Gasteiger partial charge in [-0.25, -0.2) is 0 Å². The zero-order valence-corrected chi connectivity index (χ0v) is 9.25. The maximum absolute atomic E-state index is 10.1. The fraction of sp³-hybridized carbons (Fsp3) is 0.538. The number of ether oxygens (including phenoxy) is 1. The molecule has 1 saturated heterocycles. The van der Waals surface area contributed by atoms with E-state index in [9.17, 15) is 10.2 Å². The van der Waals surface area contributed by atoms with Crippen molar-refractivity contribution >= 4 is 0 Å². The molecular formula is C13H18O3. The number of aliphatic hydroxyl groups excluding tert-OH is 2. The van der Waals surface area contributed by atoms with Gasteiger partial charge in [0.1, 0.15) is 6.10 Å². The Hall–Kier alpha value is -0.900. The molecule has 1 aliphatic rings. The van der Waals surface area contributed by atoms with Crippen LogP contribution >= 0.6 is 0 Å². The number of hydrogen-bond acceptors (Lipinski definition) is 3. The lowest BCUT2D eigenvalue weighted by Gasteiger charge is -2.29. The molecule has 2 N–H and O–H groups in total. The third-order valence-electron chi connectivity index (χ3n) is 3.21. The van der Waals surface area contributed by atoms with E-state index in [1.54, 1.807) is 0 Å². The highest BCUT2D eigenvalue weighted by Gasteiger charge is 2.28. The molecule has 1 fully saturated rings. The van der Waals surface area contributed by atoms with Gasteiger partial charge < -0.3 is 14.9 Å². The first-order valence-corrected chi connectivity index (χ1v) is 5.78. The molecular weight excluding hydrogens is 204 g/mol. The van der Waals surface area contributed by atoms with E-state index in [-0.39, 0.29) is 5.92 Å². The topological polar surface area (TPSA) is 49.7 Å². The minimum Gasteiger partial charge on any atom is -0.390 e. The number of benzene rings is 1. The first-order chi connectivity index (χ1) is 7.79. The van der Waals surface area contributed by atoms with Crippen molar-refractivity contribution in [2.24, 2.45) is 5.92 Å². The molecule has 2 atom stereocenters. The van der Waals surface area contributed by atoms with Crippen LogP contribution in [0.15, 0.2) is 30.3 Å². The predicted octanol–water partition coefficient (Wildman–Crippen LogP) is 1.51. The summed E-state index contributed by atoms with van der Waals surface area (Å²) in [6.45, 7) is 1.37. The number of hydrogen-bond donors (Lipinski definition) is 2. The number of rotatable bonds is 3. The van der Waals surface area contributed by atoms with Crippen LogP contribution in [0.3, 0.4) is 0 Å². The second-order valence-corrected chi connectivity index (χ2v) is 4.30. The number of aliphatic hydroxyl groups is 2. The van der Waals surface area contributed by atoms with Crippen LogP contribution in [0.4, 0.5) is 0 Å². The van der Waals surface area contributed by atoms with Crippen molar-refractivity contribution < 1.29 is 14.9 Å². The average Bonchev–Trinajstić information content (AvgIpc) is 2.39. The Morgan fingerprint density at radius 3 is 2.31 bits per heavy atom. The van der Waals surface area contributed by atoms with Crippen LogP contribution in [0.2, 0.25) is 0 Å². The molecule has 3 nitrogen and oxygen atoms in total. The van der Waals surface area contributed by atoms with E-state index in [4.69, 9.17) is 4.74 Å². The van der Waals surface area contributed by atoms with E-state index in [0.717, 1.165) is 18.4 Å². The first kappa shape index (κ1) is 11.6. The Balaban J connectivity index is 2.00. The van der Waals surface area contributed by atoms with Gasteiger partial charge in [0.2, 0.25) is 0 Å². The Morgan fingerprint density at radius 1 is 1.06 bits per heavy atom. The molecule has 0 spiro atoms. The maximum atomic E-state index is 10.1. The van der Waals surface area contributed by atoms with Crippen molar-refractivity contribution in [3.63, 3.8) is 0 Å². The molecule has 0 bridgehead atoms. The summed E-state index contributed by atoms with van der Waals surface area (Å²) >= 11 is 0. The minimum absolute atomic E-state index is 0.143. The lowest BCUT2D eigenvalue weighted by atomic mass is 9.88. The van der Waals surface area contributed by atoms with Crippen LogP contribution < -0.4 is 0 Å². The second kappa shape index (κ2) is 5.43. The molecule has 0 aromatic heterocycles. The lowest BCUT2D eigenvalue weighted by Crippen LogP contribution is -2.32. The zero-order chi connectivity index (χ0) is 11.4. The van der Waals surface area contributed by atoms with Crippen LogP contribution in [-0.2, 0) is 4.74 Å². The summed E-state index contributed by atoms with van der Waals surface area (Å²) < 4.78 is 5.24. The highest BCUT2D eigenvalue weighted by atomic mass is 16.5. The average molecular weight is 222 g/mol. The fourth-order valence-electron chi connectivity index (χ4n) is 2.16. The maximum Gasteiger partial charge on any atom is 0.105 e. The van der Waals surface area contributed by atoms with Gasteiger partial charge in [0.15, 0.2) is 0 Å². The molecule has 1 aromatic carbocycles. The molecule has 1 aliphatic heterocycles. The summed E-state index contributed by atoms with van der Waals surface area (Å²) in [4.78, 5) is 0. The first-order valence-electron chi connectivity index (χ1n) is 5.78. The molecule has 0 aliphatic carbocycles.